The van der Waals surface area contributed by atoms with Crippen LogP contribution < -0.4 is 26.8 Å². The van der Waals surface area contributed by atoms with Crippen LogP contribution >= 0.6 is 0 Å². The Morgan fingerprint density at radius 3 is 2.50 bits per heavy atom. The molecule has 2 aromatic rings. The number of non-ortho nitro benzene ring substituents is 1. The van der Waals surface area contributed by atoms with Gasteiger partial charge in [0.15, 0.2) is 5.78 Å². The van der Waals surface area contributed by atoms with Gasteiger partial charge >= 0.3 is 0 Å². The molecule has 0 N–H and O–H groups in total. The quantitative estimate of drug-likeness (QED) is 0.394. The SMILES string of the molecule is O=C(CN1C2=NCCCN2c2ccccc21)c1ccc([N+](=O)[O-])cc1.[Br-]. The second-order valence-electron chi connectivity index (χ2n) is 5.99. The molecule has 0 spiro atoms. The van der Waals surface area contributed by atoms with Gasteiger partial charge in [0, 0.05) is 30.8 Å². The van der Waals surface area contributed by atoms with Crippen molar-refractivity contribution in [2.75, 3.05) is 29.4 Å². The highest BCUT2D eigenvalue weighted by Gasteiger charge is 2.34. The number of guanidine groups is 1. The number of hydrogen-bond acceptors (Lipinski definition) is 6. The van der Waals surface area contributed by atoms with Gasteiger partial charge in [-0.3, -0.25) is 19.9 Å². The smallest absolute Gasteiger partial charge is 0.269 e. The first kappa shape index (κ1) is 18.1. The van der Waals surface area contributed by atoms with Crippen molar-refractivity contribution >= 4 is 28.8 Å². The summed E-state index contributed by atoms with van der Waals surface area (Å²) in [4.78, 5) is 31.6. The third-order valence-electron chi connectivity index (χ3n) is 4.44. The number of fused-ring (bicyclic) bond motifs is 3. The second-order valence-corrected chi connectivity index (χ2v) is 5.99. The van der Waals surface area contributed by atoms with Gasteiger partial charge in [-0.15, -0.1) is 0 Å². The van der Waals surface area contributed by atoms with Gasteiger partial charge in [-0.25, -0.2) is 0 Å². The zero-order valence-electron chi connectivity index (χ0n) is 13.8. The van der Waals surface area contributed by atoms with Gasteiger partial charge in [-0.1, -0.05) is 12.1 Å². The van der Waals surface area contributed by atoms with E-state index in [1.807, 2.05) is 29.2 Å². The van der Waals surface area contributed by atoms with Crippen molar-refractivity contribution in [2.24, 2.45) is 4.99 Å². The standard InChI is InChI=1S/C18H16N4O3.BrH/c23-17(13-6-8-14(9-7-13)22(24)25)12-21-16-5-2-1-4-15(16)20-11-3-10-19-18(20)21;/h1-2,4-9H,3,10-12H2;1H/p-1. The average Bonchev–Trinajstić information content (AvgIpc) is 2.96. The Balaban J connectivity index is 0.00000196. The number of carbonyl (C=O) groups excluding carboxylic acids is 1. The normalized spacial score (nSPS) is 14.8. The van der Waals surface area contributed by atoms with Gasteiger partial charge in [-0.2, -0.15) is 0 Å². The lowest BCUT2D eigenvalue weighted by Gasteiger charge is -2.26. The minimum atomic E-state index is -0.473. The third-order valence-corrected chi connectivity index (χ3v) is 4.44. The maximum Gasteiger partial charge on any atom is 0.269 e. The van der Waals surface area contributed by atoms with Crippen LogP contribution in [0.15, 0.2) is 53.5 Å². The first-order valence-electron chi connectivity index (χ1n) is 8.11. The molecule has 26 heavy (non-hydrogen) atoms. The number of carbonyl (C=O) groups is 1. The van der Waals surface area contributed by atoms with Crippen LogP contribution in [0.5, 0.6) is 0 Å². The second kappa shape index (κ2) is 7.25. The van der Waals surface area contributed by atoms with Crippen molar-refractivity contribution in [3.05, 3.63) is 64.2 Å². The molecule has 134 valence electrons. The number of nitro groups is 1. The zero-order valence-corrected chi connectivity index (χ0v) is 15.4. The van der Waals surface area contributed by atoms with E-state index in [2.05, 4.69) is 9.89 Å². The number of ketones is 1. The van der Waals surface area contributed by atoms with Crippen LogP contribution in [0.1, 0.15) is 16.8 Å². The highest BCUT2D eigenvalue weighted by molar-refractivity contribution is 6.19. The van der Waals surface area contributed by atoms with Crippen LogP contribution in [-0.4, -0.2) is 36.3 Å². The van der Waals surface area contributed by atoms with E-state index < -0.39 is 4.92 Å². The van der Waals surface area contributed by atoms with Crippen molar-refractivity contribution in [3.8, 4) is 0 Å². The van der Waals surface area contributed by atoms with E-state index in [0.29, 0.717) is 5.56 Å². The largest absolute Gasteiger partial charge is 1.00 e. The van der Waals surface area contributed by atoms with E-state index in [9.17, 15) is 14.9 Å². The highest BCUT2D eigenvalue weighted by Crippen LogP contribution is 2.38. The molecule has 0 atom stereocenters. The molecule has 0 fully saturated rings. The van der Waals surface area contributed by atoms with Crippen LogP contribution in [0.25, 0.3) is 0 Å². The van der Waals surface area contributed by atoms with Crippen LogP contribution in [0, 0.1) is 10.1 Å². The van der Waals surface area contributed by atoms with E-state index in [0.717, 1.165) is 36.8 Å². The monoisotopic (exact) mass is 415 g/mol. The molecule has 2 aliphatic heterocycles. The summed E-state index contributed by atoms with van der Waals surface area (Å²) >= 11 is 0. The first-order chi connectivity index (χ1) is 12.1. The lowest BCUT2D eigenvalue weighted by Crippen LogP contribution is -3.00. The summed E-state index contributed by atoms with van der Waals surface area (Å²) in [7, 11) is 0. The van der Waals surface area contributed by atoms with Gasteiger partial charge in [0.1, 0.15) is 0 Å². The Morgan fingerprint density at radius 1 is 1.12 bits per heavy atom. The van der Waals surface area contributed by atoms with Crippen molar-refractivity contribution in [1.82, 2.24) is 0 Å². The first-order valence-corrected chi connectivity index (χ1v) is 8.11. The zero-order chi connectivity index (χ0) is 17.4. The number of Topliss-reactive ketones (excluding diaryl/α,β-unsaturated/α-hetero) is 1. The summed E-state index contributed by atoms with van der Waals surface area (Å²) in [5.41, 5.74) is 2.47. The molecule has 0 saturated carbocycles. The molecule has 2 aromatic carbocycles. The molecular formula is C18H16BrN4O3-. The van der Waals surface area contributed by atoms with E-state index in [1.54, 1.807) is 0 Å². The van der Waals surface area contributed by atoms with Gasteiger partial charge in [-0.05, 0) is 30.7 Å². The minimum absolute atomic E-state index is 0. The summed E-state index contributed by atoms with van der Waals surface area (Å²) < 4.78 is 0. The minimum Gasteiger partial charge on any atom is -1.00 e. The van der Waals surface area contributed by atoms with Crippen LogP contribution in [0.3, 0.4) is 0 Å². The number of halogens is 1. The molecule has 8 heteroatoms. The van der Waals surface area contributed by atoms with Crippen molar-refractivity contribution in [3.63, 3.8) is 0 Å². The predicted molar refractivity (Wildman–Crippen MR) is 95.5 cm³/mol. The molecule has 0 saturated heterocycles. The molecule has 0 aliphatic carbocycles. The fourth-order valence-corrected chi connectivity index (χ4v) is 3.24. The van der Waals surface area contributed by atoms with E-state index in [1.165, 1.54) is 24.3 Å². The number of rotatable bonds is 4. The number of nitrogens with zero attached hydrogens (tertiary/aromatic N) is 4. The summed E-state index contributed by atoms with van der Waals surface area (Å²) in [5.74, 6) is 0.711. The number of benzene rings is 2. The molecule has 2 aliphatic rings. The molecule has 0 bridgehead atoms. The predicted octanol–water partition coefficient (Wildman–Crippen LogP) is -0.132. The topological polar surface area (TPSA) is 79.0 Å². The summed E-state index contributed by atoms with van der Waals surface area (Å²) in [6.07, 6.45) is 0.988. The van der Waals surface area contributed by atoms with Gasteiger partial charge in [0.2, 0.25) is 5.96 Å². The third kappa shape index (κ3) is 3.08. The van der Waals surface area contributed by atoms with E-state index in [4.69, 9.17) is 0 Å². The van der Waals surface area contributed by atoms with E-state index >= 15 is 0 Å². The van der Waals surface area contributed by atoms with Crippen LogP contribution in [0.2, 0.25) is 0 Å². The molecule has 0 unspecified atom stereocenters. The molecule has 7 nitrogen and oxygen atoms in total. The molecule has 4 rings (SSSR count). The number of anilines is 2. The number of para-hydroxylation sites is 2. The number of hydrogen-bond donors (Lipinski definition) is 0. The number of aliphatic imine (C=N–C) groups is 1. The van der Waals surface area contributed by atoms with Gasteiger partial charge < -0.3 is 26.8 Å². The van der Waals surface area contributed by atoms with Gasteiger partial charge in [0.05, 0.1) is 22.8 Å². The summed E-state index contributed by atoms with van der Waals surface area (Å²) in [5, 5.41) is 10.7. The Kier molecular flexibility index (Phi) is 5.03. The average molecular weight is 416 g/mol. The molecule has 0 amide bonds. The Bertz CT molecular complexity index is 882. The number of nitro benzene ring substituents is 1. The lowest BCUT2D eigenvalue weighted by atomic mass is 10.1. The van der Waals surface area contributed by atoms with E-state index in [-0.39, 0.29) is 35.0 Å². The highest BCUT2D eigenvalue weighted by atomic mass is 79.9. The van der Waals surface area contributed by atoms with Gasteiger partial charge in [0.25, 0.3) is 5.69 Å². The maximum atomic E-state index is 12.7. The van der Waals surface area contributed by atoms with Crippen molar-refractivity contribution in [1.29, 1.82) is 0 Å². The van der Waals surface area contributed by atoms with Crippen molar-refractivity contribution < 1.29 is 26.7 Å². The lowest BCUT2D eigenvalue weighted by molar-refractivity contribution is -0.384. The molecule has 0 radical (unpaired) electrons. The van der Waals surface area contributed by atoms with Crippen LogP contribution in [0.4, 0.5) is 17.1 Å². The summed E-state index contributed by atoms with van der Waals surface area (Å²) in [6, 6.07) is 13.7. The van der Waals surface area contributed by atoms with Crippen LogP contribution in [-0.2, 0) is 0 Å². The fourth-order valence-electron chi connectivity index (χ4n) is 3.24. The van der Waals surface area contributed by atoms with Crippen molar-refractivity contribution in [2.45, 2.75) is 6.42 Å². The molecule has 0 aromatic heterocycles. The summed E-state index contributed by atoms with van der Waals surface area (Å²) in [6.45, 7) is 1.80. The fraction of sp³-hybridized carbons (Fsp3) is 0.222. The molecule has 2 heterocycles. The Labute approximate surface area is 160 Å². The Hall–Kier alpha value is -2.74. The Morgan fingerprint density at radius 2 is 1.81 bits per heavy atom. The molecular weight excluding hydrogens is 400 g/mol. The maximum absolute atomic E-state index is 12.7.